The van der Waals surface area contributed by atoms with Gasteiger partial charge in [0.25, 0.3) is 0 Å². The van der Waals surface area contributed by atoms with Crippen LogP contribution in [0.1, 0.15) is 51.3 Å². The maximum Gasteiger partial charge on any atom is 0.165 e. The van der Waals surface area contributed by atoms with Gasteiger partial charge in [0.05, 0.1) is 17.6 Å². The van der Waals surface area contributed by atoms with Crippen molar-refractivity contribution in [1.29, 1.82) is 5.26 Å². The van der Waals surface area contributed by atoms with Gasteiger partial charge in [-0.05, 0) is 15.9 Å². The van der Waals surface area contributed by atoms with Crippen molar-refractivity contribution in [2.75, 3.05) is 12.3 Å². The van der Waals surface area contributed by atoms with Gasteiger partial charge in [0, 0.05) is 0 Å². The van der Waals surface area contributed by atoms with Crippen molar-refractivity contribution in [1.82, 2.24) is 14.5 Å². The van der Waals surface area contributed by atoms with Crippen molar-refractivity contribution in [3.63, 3.8) is 0 Å². The van der Waals surface area contributed by atoms with Crippen LogP contribution in [0.25, 0.3) is 11.0 Å². The molecule has 3 rings (SSSR count). The summed E-state index contributed by atoms with van der Waals surface area (Å²) in [6, 6.07) is 2.00. The number of unbranched alkanes of at least 4 members (excludes halogenated alkanes) is 2. The van der Waals surface area contributed by atoms with Crippen molar-refractivity contribution in [3.05, 3.63) is 16.5 Å². The third-order valence-corrected chi connectivity index (χ3v) is 9.87. The van der Waals surface area contributed by atoms with Crippen LogP contribution in [-0.2, 0) is 4.74 Å². The van der Waals surface area contributed by atoms with Gasteiger partial charge < -0.3 is 25.8 Å². The summed E-state index contributed by atoms with van der Waals surface area (Å²) in [5.74, 6) is 0.118. The summed E-state index contributed by atoms with van der Waals surface area (Å²) in [4.78, 5) is 7.93. The van der Waals surface area contributed by atoms with E-state index in [2.05, 4.69) is 39.7 Å². The Morgan fingerprint density at radius 2 is 1.87 bits per heavy atom. The molecular weight excluding hydrogens is 573 g/mol. The van der Waals surface area contributed by atoms with E-state index in [4.69, 9.17) is 10.5 Å². The molecule has 1 aliphatic rings. The van der Waals surface area contributed by atoms with E-state index < -0.39 is 31.1 Å². The molecular formula is C20H30BrN5O4Sn. The Bertz CT molecular complexity index is 885. The van der Waals surface area contributed by atoms with Gasteiger partial charge in [-0.3, -0.25) is 4.57 Å². The minimum absolute atomic E-state index is 0.118. The van der Waals surface area contributed by atoms with E-state index in [1.165, 1.54) is 36.6 Å². The first-order valence-electron chi connectivity index (χ1n) is 10.5. The quantitative estimate of drug-likeness (QED) is 0.266. The van der Waals surface area contributed by atoms with Crippen molar-refractivity contribution >= 4 is 53.9 Å². The normalized spacial score (nSPS) is 22.9. The van der Waals surface area contributed by atoms with Crippen molar-refractivity contribution in [2.45, 2.75) is 72.9 Å². The first-order chi connectivity index (χ1) is 14.9. The topological polar surface area (TPSA) is 150 Å². The molecule has 2 aromatic heterocycles. The fraction of sp³-hybridized carbons (Fsp3) is 0.650. The summed E-state index contributed by atoms with van der Waals surface area (Å²) in [5, 5.41) is 38.9. The number of hydrogen-bond donors (Lipinski definition) is 4. The molecule has 11 heteroatoms. The Labute approximate surface area is 201 Å². The summed E-state index contributed by atoms with van der Waals surface area (Å²) in [5.41, 5.74) is 6.28. The Morgan fingerprint density at radius 3 is 2.39 bits per heavy atom. The molecule has 0 amide bonds. The number of nitrogens with two attached hydrogens (primary N) is 1. The smallest absolute Gasteiger partial charge is 0.165 e. The number of ether oxygens (including phenoxy) is 1. The number of nitriles is 1. The fourth-order valence-corrected chi connectivity index (χ4v) is 8.10. The molecule has 1 saturated heterocycles. The number of aliphatic hydroxyl groups is 3. The zero-order valence-corrected chi connectivity index (χ0v) is 22.3. The number of rotatable bonds is 8. The molecule has 0 bridgehead atoms. The molecule has 5 N–H and O–H groups in total. The van der Waals surface area contributed by atoms with E-state index in [1.807, 2.05) is 6.07 Å². The summed E-state index contributed by atoms with van der Waals surface area (Å²) < 4.78 is 10.4. The molecule has 31 heavy (non-hydrogen) atoms. The first kappa shape index (κ1) is 26.3. The van der Waals surface area contributed by atoms with E-state index >= 15 is 0 Å². The second-order valence-electron chi connectivity index (χ2n) is 7.29. The van der Waals surface area contributed by atoms with Gasteiger partial charge in [-0.1, -0.05) is 0 Å². The second-order valence-corrected chi connectivity index (χ2v) is 12.3. The number of anilines is 1. The number of nitrogens with zero attached hydrogens (tertiary/aromatic N) is 4. The van der Waals surface area contributed by atoms with Crippen LogP contribution in [-0.4, -0.2) is 75.9 Å². The molecule has 0 saturated carbocycles. The SMILES string of the molecule is CCC[CH2][Sn][CH2]CCC.N#Cc1c(Br)n(C2OC(CO)C(O)C2O)c2ncnc(N)c12. The zero-order valence-electron chi connectivity index (χ0n) is 17.8. The van der Waals surface area contributed by atoms with Crippen LogP contribution in [0.3, 0.4) is 0 Å². The van der Waals surface area contributed by atoms with Crippen LogP contribution in [0.15, 0.2) is 10.9 Å². The van der Waals surface area contributed by atoms with Crippen LogP contribution in [0.2, 0.25) is 8.87 Å². The van der Waals surface area contributed by atoms with Crippen molar-refractivity contribution < 1.29 is 20.1 Å². The number of fused-ring (bicyclic) bond motifs is 1. The summed E-state index contributed by atoms with van der Waals surface area (Å²) in [6.07, 6.45) is 2.54. The van der Waals surface area contributed by atoms with Gasteiger partial charge in [0.15, 0.2) is 6.23 Å². The predicted molar refractivity (Wildman–Crippen MR) is 123 cm³/mol. The monoisotopic (exact) mass is 603 g/mol. The van der Waals surface area contributed by atoms with Gasteiger partial charge in [-0.25, -0.2) is 9.97 Å². The number of halogens is 1. The summed E-state index contributed by atoms with van der Waals surface area (Å²) >= 11 is 3.42. The average molecular weight is 603 g/mol. The molecule has 0 spiro atoms. The molecule has 2 radical (unpaired) electrons. The summed E-state index contributed by atoms with van der Waals surface area (Å²) in [6.45, 7) is 4.13. The standard InChI is InChI=1S/C12H12BrN5O4.2C4H9.Sn/c13-9-4(1-14)6-10(15)16-3-17-11(6)18(9)12-8(21)7(20)5(2-19)22-12;2*1-3-4-2;/h3,5,7-8,12,19-21H,2H2,(H2,15,16,17);2*1,3-4H2,2H3;. The number of nitrogen functional groups attached to an aromatic ring is 1. The average Bonchev–Trinajstić information content (AvgIpc) is 3.21. The predicted octanol–water partition coefficient (Wildman–Crippen LogP) is 2.39. The Balaban J connectivity index is 0.000000323. The third kappa shape index (κ3) is 6.09. The van der Waals surface area contributed by atoms with Gasteiger partial charge in [0.2, 0.25) is 0 Å². The molecule has 170 valence electrons. The van der Waals surface area contributed by atoms with Crippen LogP contribution < -0.4 is 5.73 Å². The van der Waals surface area contributed by atoms with E-state index in [0.717, 1.165) is 0 Å². The second kappa shape index (κ2) is 12.9. The van der Waals surface area contributed by atoms with E-state index in [9.17, 15) is 20.6 Å². The third-order valence-electron chi connectivity index (χ3n) is 5.05. The first-order valence-corrected chi connectivity index (χ1v) is 15.3. The molecule has 1 fully saturated rings. The van der Waals surface area contributed by atoms with Gasteiger partial charge in [-0.15, -0.1) is 0 Å². The number of hydrogen-bond acceptors (Lipinski definition) is 8. The Kier molecular flexibility index (Phi) is 10.9. The Hall–Kier alpha value is -0.971. The van der Waals surface area contributed by atoms with E-state index in [1.54, 1.807) is 8.87 Å². The van der Waals surface area contributed by atoms with Gasteiger partial charge in [-0.2, -0.15) is 5.26 Å². The van der Waals surface area contributed by atoms with Crippen LogP contribution in [0, 0.1) is 11.3 Å². The molecule has 0 aliphatic carbocycles. The maximum absolute atomic E-state index is 10.2. The minimum atomic E-state index is -1.30. The number of aromatic nitrogens is 3. The zero-order chi connectivity index (χ0) is 23.0. The van der Waals surface area contributed by atoms with E-state index in [-0.39, 0.29) is 38.2 Å². The van der Waals surface area contributed by atoms with E-state index in [0.29, 0.717) is 9.99 Å². The molecule has 3 heterocycles. The molecule has 9 nitrogen and oxygen atoms in total. The number of aliphatic hydroxyl groups excluding tert-OH is 3. The fourth-order valence-electron chi connectivity index (χ4n) is 3.28. The largest absolute Gasteiger partial charge is 0.394 e. The molecule has 2 aromatic rings. The van der Waals surface area contributed by atoms with Crippen molar-refractivity contribution in [3.8, 4) is 6.07 Å². The molecule has 4 unspecified atom stereocenters. The van der Waals surface area contributed by atoms with Gasteiger partial charge >= 0.3 is 69.5 Å². The van der Waals surface area contributed by atoms with Gasteiger partial charge in [0.1, 0.15) is 46.8 Å². The van der Waals surface area contributed by atoms with Crippen LogP contribution in [0.4, 0.5) is 5.82 Å². The van der Waals surface area contributed by atoms with Crippen molar-refractivity contribution in [2.24, 2.45) is 0 Å². The summed E-state index contributed by atoms with van der Waals surface area (Å²) in [7, 11) is 0. The Morgan fingerprint density at radius 1 is 1.23 bits per heavy atom. The molecule has 0 aromatic carbocycles. The van der Waals surface area contributed by atoms with Crippen LogP contribution in [0.5, 0.6) is 0 Å². The maximum atomic E-state index is 10.2. The molecule has 4 atom stereocenters. The minimum Gasteiger partial charge on any atom is -0.394 e. The molecule has 1 aliphatic heterocycles. The van der Waals surface area contributed by atoms with Crippen LogP contribution >= 0.6 is 15.9 Å².